The molecule has 0 spiro atoms. The highest BCUT2D eigenvalue weighted by Gasteiger charge is 2.47. The number of hydrogen-bond donors (Lipinski definition) is 1. The van der Waals surface area contributed by atoms with Gasteiger partial charge in [-0.3, -0.25) is 14.5 Å². The number of nitrogens with zero attached hydrogens (tertiary/aromatic N) is 1. The molecule has 3 aromatic rings. The second-order valence-electron chi connectivity index (χ2n) is 6.97. The number of benzene rings is 2. The maximum absolute atomic E-state index is 13.1. The summed E-state index contributed by atoms with van der Waals surface area (Å²) in [4.78, 5) is 28.3. The first kappa shape index (κ1) is 21.4. The molecule has 2 heterocycles. The molecule has 1 unspecified atom stereocenters. The number of rotatable bonds is 4. The highest BCUT2D eigenvalue weighted by molar-refractivity contribution is 7.10. The number of methoxy groups -OCH3 is 1. The van der Waals surface area contributed by atoms with Crippen molar-refractivity contribution in [3.05, 3.63) is 85.5 Å². The molecule has 0 bridgehead atoms. The van der Waals surface area contributed by atoms with Gasteiger partial charge in [-0.2, -0.15) is 0 Å². The number of Topliss-reactive ketones (excluding diaryl/α,β-unsaturated/α-hetero) is 1. The number of carbonyl (C=O) groups is 2. The summed E-state index contributed by atoms with van der Waals surface area (Å²) in [6.07, 6.45) is 0. The lowest BCUT2D eigenvalue weighted by atomic mass is 9.99. The number of ketones is 1. The number of carbonyl (C=O) groups excluding carboxylic acids is 2. The first-order chi connectivity index (χ1) is 14.8. The van der Waals surface area contributed by atoms with E-state index in [0.717, 1.165) is 10.4 Å². The average Bonchev–Trinajstić information content (AvgIpc) is 3.37. The fourth-order valence-electron chi connectivity index (χ4n) is 3.51. The van der Waals surface area contributed by atoms with Gasteiger partial charge in [0, 0.05) is 21.2 Å². The predicted molar refractivity (Wildman–Crippen MR) is 123 cm³/mol. The maximum atomic E-state index is 13.1. The van der Waals surface area contributed by atoms with Crippen molar-refractivity contribution in [2.24, 2.45) is 0 Å². The number of thiophene rings is 1. The van der Waals surface area contributed by atoms with Gasteiger partial charge in [-0.15, -0.1) is 11.3 Å². The molecule has 1 amide bonds. The summed E-state index contributed by atoms with van der Waals surface area (Å²) in [5.41, 5.74) is 1.64. The van der Waals surface area contributed by atoms with Crippen molar-refractivity contribution in [3.63, 3.8) is 0 Å². The number of amides is 1. The third-order valence-corrected chi connectivity index (χ3v) is 6.76. The molecule has 2 aromatic carbocycles. The normalized spacial score (nSPS) is 17.9. The summed E-state index contributed by atoms with van der Waals surface area (Å²) in [7, 11) is 1.46. The van der Waals surface area contributed by atoms with E-state index in [-0.39, 0.29) is 11.3 Å². The summed E-state index contributed by atoms with van der Waals surface area (Å²) >= 11 is 13.8. The number of aliphatic hydroxyl groups is 1. The van der Waals surface area contributed by atoms with Crippen LogP contribution in [0.1, 0.15) is 22.0 Å². The molecule has 0 saturated carbocycles. The Kier molecular flexibility index (Phi) is 5.79. The third-order valence-electron chi connectivity index (χ3n) is 5.12. The van der Waals surface area contributed by atoms with Crippen LogP contribution in [0.25, 0.3) is 5.76 Å². The molecule has 31 heavy (non-hydrogen) atoms. The van der Waals surface area contributed by atoms with Gasteiger partial charge in [0.1, 0.15) is 17.6 Å². The van der Waals surface area contributed by atoms with Gasteiger partial charge in [0.05, 0.1) is 17.7 Å². The van der Waals surface area contributed by atoms with Gasteiger partial charge in [0.25, 0.3) is 11.7 Å². The summed E-state index contributed by atoms with van der Waals surface area (Å²) in [5, 5.41) is 13.8. The number of ether oxygens (including phenoxy) is 1. The number of anilines is 1. The monoisotopic (exact) mass is 473 g/mol. The Bertz CT molecular complexity index is 1220. The van der Waals surface area contributed by atoms with E-state index in [9.17, 15) is 14.7 Å². The SMILES string of the molecule is COc1cc(/C(O)=C2/C(=O)C(=O)N(c3ccc(C)c(Cl)c3)C2c2cccs2)ccc1Cl. The lowest BCUT2D eigenvalue weighted by Crippen LogP contribution is -2.29. The third kappa shape index (κ3) is 3.71. The highest BCUT2D eigenvalue weighted by Crippen LogP contribution is 2.44. The van der Waals surface area contributed by atoms with Crippen LogP contribution >= 0.6 is 34.5 Å². The standard InChI is InChI=1S/C23H17Cl2NO4S/c1-12-5-7-14(11-16(12)25)26-20(18-4-3-9-31-18)19(22(28)23(26)29)21(27)13-6-8-15(24)17(10-13)30-2/h3-11,20,27H,1-2H3/b21-19-. The lowest BCUT2D eigenvalue weighted by Gasteiger charge is -2.24. The van der Waals surface area contributed by atoms with Gasteiger partial charge in [0.15, 0.2) is 0 Å². The van der Waals surface area contributed by atoms with Crippen LogP contribution < -0.4 is 9.64 Å². The van der Waals surface area contributed by atoms with Gasteiger partial charge in [-0.05, 0) is 54.3 Å². The Morgan fingerprint density at radius 3 is 2.52 bits per heavy atom. The van der Waals surface area contributed by atoms with Crippen molar-refractivity contribution in [1.29, 1.82) is 0 Å². The van der Waals surface area contributed by atoms with E-state index in [1.807, 2.05) is 24.4 Å². The Morgan fingerprint density at radius 2 is 1.87 bits per heavy atom. The fourth-order valence-corrected chi connectivity index (χ4v) is 4.70. The molecule has 1 N–H and O–H groups in total. The zero-order valence-electron chi connectivity index (χ0n) is 16.6. The first-order valence-electron chi connectivity index (χ1n) is 9.28. The fraction of sp³-hybridized carbons (Fsp3) is 0.130. The van der Waals surface area contributed by atoms with E-state index in [2.05, 4.69) is 0 Å². The quantitative estimate of drug-likeness (QED) is 0.286. The largest absolute Gasteiger partial charge is 0.507 e. The summed E-state index contributed by atoms with van der Waals surface area (Å²) in [6, 6.07) is 12.7. The van der Waals surface area contributed by atoms with Crippen molar-refractivity contribution in [2.45, 2.75) is 13.0 Å². The molecule has 4 rings (SSSR count). The van der Waals surface area contributed by atoms with Crippen molar-refractivity contribution in [1.82, 2.24) is 0 Å². The molecule has 1 atom stereocenters. The smallest absolute Gasteiger partial charge is 0.300 e. The molecule has 0 aliphatic carbocycles. The minimum absolute atomic E-state index is 0.00600. The van der Waals surface area contributed by atoms with Crippen LogP contribution in [0.5, 0.6) is 5.75 Å². The number of aliphatic hydroxyl groups excluding tert-OH is 1. The minimum Gasteiger partial charge on any atom is -0.507 e. The molecule has 1 saturated heterocycles. The molecule has 1 fully saturated rings. The summed E-state index contributed by atoms with van der Waals surface area (Å²) < 4.78 is 5.22. The number of halogens is 2. The minimum atomic E-state index is -0.791. The van der Waals surface area contributed by atoms with E-state index in [4.69, 9.17) is 27.9 Å². The highest BCUT2D eigenvalue weighted by atomic mass is 35.5. The van der Waals surface area contributed by atoms with Gasteiger partial charge >= 0.3 is 0 Å². The van der Waals surface area contributed by atoms with Crippen LogP contribution in [-0.4, -0.2) is 23.9 Å². The second kappa shape index (κ2) is 8.38. The van der Waals surface area contributed by atoms with E-state index in [1.54, 1.807) is 30.3 Å². The van der Waals surface area contributed by atoms with Crippen LogP contribution in [-0.2, 0) is 9.59 Å². The first-order valence-corrected chi connectivity index (χ1v) is 10.9. The number of aryl methyl sites for hydroxylation is 1. The van der Waals surface area contributed by atoms with Crippen molar-refractivity contribution >= 4 is 57.7 Å². The molecule has 158 valence electrons. The Balaban J connectivity index is 1.93. The molecule has 1 aliphatic rings. The van der Waals surface area contributed by atoms with Crippen LogP contribution in [0, 0.1) is 6.92 Å². The van der Waals surface area contributed by atoms with Crippen LogP contribution in [0.3, 0.4) is 0 Å². The molecule has 8 heteroatoms. The molecular formula is C23H17Cl2NO4S. The molecule has 0 radical (unpaired) electrons. The van der Waals surface area contributed by atoms with E-state index < -0.39 is 17.7 Å². The van der Waals surface area contributed by atoms with Crippen LogP contribution in [0.2, 0.25) is 10.0 Å². The molecule has 5 nitrogen and oxygen atoms in total. The predicted octanol–water partition coefficient (Wildman–Crippen LogP) is 6.00. The van der Waals surface area contributed by atoms with Crippen LogP contribution in [0.4, 0.5) is 5.69 Å². The summed E-state index contributed by atoms with van der Waals surface area (Å²) in [6.45, 7) is 1.85. The lowest BCUT2D eigenvalue weighted by molar-refractivity contribution is -0.132. The van der Waals surface area contributed by atoms with Gasteiger partial charge in [0.2, 0.25) is 0 Å². The van der Waals surface area contributed by atoms with E-state index in [0.29, 0.717) is 27.0 Å². The topological polar surface area (TPSA) is 66.8 Å². The molecular weight excluding hydrogens is 457 g/mol. The molecule has 1 aliphatic heterocycles. The zero-order valence-corrected chi connectivity index (χ0v) is 18.9. The van der Waals surface area contributed by atoms with Gasteiger partial charge < -0.3 is 9.84 Å². The van der Waals surface area contributed by atoms with Crippen molar-refractivity contribution in [2.75, 3.05) is 12.0 Å². The second-order valence-corrected chi connectivity index (χ2v) is 8.76. The summed E-state index contributed by atoms with van der Waals surface area (Å²) in [5.74, 6) is -1.47. The zero-order chi connectivity index (χ0) is 22.3. The average molecular weight is 474 g/mol. The Morgan fingerprint density at radius 1 is 1.10 bits per heavy atom. The number of hydrogen-bond acceptors (Lipinski definition) is 5. The van der Waals surface area contributed by atoms with E-state index >= 15 is 0 Å². The molecule has 1 aromatic heterocycles. The van der Waals surface area contributed by atoms with Crippen LogP contribution in [0.15, 0.2) is 59.5 Å². The maximum Gasteiger partial charge on any atom is 0.300 e. The van der Waals surface area contributed by atoms with E-state index in [1.165, 1.54) is 29.4 Å². The Labute approximate surface area is 193 Å². The Hall–Kier alpha value is -2.80. The van der Waals surface area contributed by atoms with Gasteiger partial charge in [-0.1, -0.05) is 35.3 Å². The van der Waals surface area contributed by atoms with Crippen molar-refractivity contribution in [3.8, 4) is 5.75 Å². The van der Waals surface area contributed by atoms with Gasteiger partial charge in [-0.25, -0.2) is 0 Å². The van der Waals surface area contributed by atoms with Crippen molar-refractivity contribution < 1.29 is 19.4 Å².